The van der Waals surface area contributed by atoms with Gasteiger partial charge in [0.15, 0.2) is 17.3 Å². The second-order valence-electron chi connectivity index (χ2n) is 7.56. The van der Waals surface area contributed by atoms with E-state index in [1.165, 1.54) is 0 Å². The van der Waals surface area contributed by atoms with E-state index in [2.05, 4.69) is 10.6 Å². The Bertz CT molecular complexity index is 951. The first kappa shape index (κ1) is 21.4. The lowest BCUT2D eigenvalue weighted by Crippen LogP contribution is -2.44. The number of methoxy groups -OCH3 is 2. The predicted octanol–water partition coefficient (Wildman–Crippen LogP) is 3.21. The molecule has 0 bridgehead atoms. The maximum absolute atomic E-state index is 13.1. The van der Waals surface area contributed by atoms with Gasteiger partial charge in [-0.05, 0) is 42.2 Å². The van der Waals surface area contributed by atoms with Crippen LogP contribution in [0.1, 0.15) is 35.3 Å². The fraction of sp³-hybridized carbons (Fsp3) is 0.333. The monoisotopic (exact) mass is 408 g/mol. The van der Waals surface area contributed by atoms with Crippen molar-refractivity contribution in [3.8, 4) is 11.5 Å². The van der Waals surface area contributed by atoms with Crippen LogP contribution in [0.5, 0.6) is 11.5 Å². The van der Waals surface area contributed by atoms with Crippen molar-refractivity contribution in [1.82, 2.24) is 10.6 Å². The number of benzene rings is 2. The molecule has 30 heavy (non-hydrogen) atoms. The number of hydrogen-bond acceptors (Lipinski definition) is 5. The van der Waals surface area contributed by atoms with Gasteiger partial charge < -0.3 is 20.1 Å². The molecule has 1 heterocycles. The van der Waals surface area contributed by atoms with Crippen molar-refractivity contribution in [2.45, 2.75) is 26.3 Å². The summed E-state index contributed by atoms with van der Waals surface area (Å²) in [5.41, 5.74) is 3.24. The summed E-state index contributed by atoms with van der Waals surface area (Å²) in [7, 11) is 3.19. The zero-order valence-electron chi connectivity index (χ0n) is 17.8. The van der Waals surface area contributed by atoms with Crippen LogP contribution < -0.4 is 20.1 Å². The highest BCUT2D eigenvalue weighted by atomic mass is 16.5. The van der Waals surface area contributed by atoms with Crippen molar-refractivity contribution in [2.24, 2.45) is 5.92 Å². The van der Waals surface area contributed by atoms with E-state index in [0.717, 1.165) is 23.2 Å². The maximum atomic E-state index is 13.1. The van der Waals surface area contributed by atoms with Crippen LogP contribution in [0.25, 0.3) is 5.70 Å². The molecule has 0 radical (unpaired) electrons. The third-order valence-electron chi connectivity index (χ3n) is 5.19. The van der Waals surface area contributed by atoms with Crippen molar-refractivity contribution in [2.75, 3.05) is 20.8 Å². The van der Waals surface area contributed by atoms with Crippen LogP contribution in [-0.4, -0.2) is 38.5 Å². The molecule has 2 aromatic carbocycles. The minimum Gasteiger partial charge on any atom is -0.493 e. The second-order valence-corrected chi connectivity index (χ2v) is 7.56. The molecule has 1 aliphatic rings. The van der Waals surface area contributed by atoms with Gasteiger partial charge in [-0.25, -0.2) is 0 Å². The summed E-state index contributed by atoms with van der Waals surface area (Å²) in [5.74, 6) is 0.800. The maximum Gasteiger partial charge on any atom is 0.251 e. The number of ether oxygens (including phenoxy) is 2. The molecule has 0 unspecified atom stereocenters. The van der Waals surface area contributed by atoms with Crippen LogP contribution in [0.15, 0.2) is 48.5 Å². The van der Waals surface area contributed by atoms with Gasteiger partial charge in [0.25, 0.3) is 5.91 Å². The smallest absolute Gasteiger partial charge is 0.251 e. The van der Waals surface area contributed by atoms with Gasteiger partial charge in [-0.2, -0.15) is 0 Å². The van der Waals surface area contributed by atoms with Crippen LogP contribution in [-0.2, 0) is 11.2 Å². The largest absolute Gasteiger partial charge is 0.493 e. The van der Waals surface area contributed by atoms with Gasteiger partial charge in [0.05, 0.1) is 20.3 Å². The van der Waals surface area contributed by atoms with Crippen molar-refractivity contribution in [1.29, 1.82) is 0 Å². The summed E-state index contributed by atoms with van der Waals surface area (Å²) in [4.78, 5) is 25.7. The van der Waals surface area contributed by atoms with Crippen molar-refractivity contribution >= 4 is 17.4 Å². The fourth-order valence-electron chi connectivity index (χ4n) is 3.55. The fourth-order valence-corrected chi connectivity index (χ4v) is 3.55. The van der Waals surface area contributed by atoms with E-state index in [-0.39, 0.29) is 17.6 Å². The minimum absolute atomic E-state index is 0.0597. The van der Waals surface area contributed by atoms with Gasteiger partial charge in [-0.1, -0.05) is 32.0 Å². The molecule has 6 heteroatoms. The highest BCUT2D eigenvalue weighted by Crippen LogP contribution is 2.34. The van der Waals surface area contributed by atoms with Crippen molar-refractivity contribution in [3.05, 3.63) is 65.2 Å². The lowest BCUT2D eigenvalue weighted by molar-refractivity contribution is -0.117. The van der Waals surface area contributed by atoms with Crippen LogP contribution in [0.2, 0.25) is 0 Å². The molecule has 1 atom stereocenters. The van der Waals surface area contributed by atoms with Crippen LogP contribution >= 0.6 is 0 Å². The number of nitrogens with one attached hydrogen (secondary N) is 2. The van der Waals surface area contributed by atoms with Gasteiger partial charge in [-0.3, -0.25) is 9.59 Å². The first-order valence-electron chi connectivity index (χ1n) is 10.0. The van der Waals surface area contributed by atoms with E-state index in [1.54, 1.807) is 44.6 Å². The number of carbonyl (C=O) groups excluding carboxylic acids is 2. The van der Waals surface area contributed by atoms with E-state index in [4.69, 9.17) is 9.47 Å². The Morgan fingerprint density at radius 2 is 1.73 bits per heavy atom. The first-order chi connectivity index (χ1) is 14.4. The van der Waals surface area contributed by atoms with Crippen LogP contribution in [0.4, 0.5) is 0 Å². The molecule has 158 valence electrons. The Hall–Kier alpha value is -3.28. The van der Waals surface area contributed by atoms with Gasteiger partial charge in [-0.15, -0.1) is 0 Å². The topological polar surface area (TPSA) is 76.7 Å². The molecule has 1 amide bonds. The lowest BCUT2D eigenvalue weighted by atomic mass is 9.93. The van der Waals surface area contributed by atoms with E-state index in [1.807, 2.05) is 32.0 Å². The first-order valence-corrected chi connectivity index (χ1v) is 10.0. The number of rotatable bonds is 7. The standard InChI is InChI=1S/C24H28N2O4/c1-15(2)23(26-24(28)16-8-6-5-7-9-16)20(27)14-19-18-13-22(30-4)21(29-3)12-17(18)10-11-25-19/h5-9,12-15,23,25H,10-11H2,1-4H3,(H,26,28)/b19-14-/t23-/m0/s1. The highest BCUT2D eigenvalue weighted by Gasteiger charge is 2.25. The molecule has 6 nitrogen and oxygen atoms in total. The number of hydrogen-bond donors (Lipinski definition) is 2. The van der Waals surface area contributed by atoms with Gasteiger partial charge in [0.1, 0.15) is 0 Å². The molecule has 0 aromatic heterocycles. The zero-order valence-corrected chi connectivity index (χ0v) is 17.8. The summed E-state index contributed by atoms with van der Waals surface area (Å²) >= 11 is 0. The zero-order chi connectivity index (χ0) is 21.7. The summed E-state index contributed by atoms with van der Waals surface area (Å²) in [6.45, 7) is 4.55. The molecule has 2 aromatic rings. The Labute approximate surface area is 177 Å². The molecule has 1 aliphatic heterocycles. The number of fused-ring (bicyclic) bond motifs is 1. The van der Waals surface area contributed by atoms with Gasteiger partial charge >= 0.3 is 0 Å². The van der Waals surface area contributed by atoms with Crippen LogP contribution in [0.3, 0.4) is 0 Å². The molecular weight excluding hydrogens is 380 g/mol. The normalized spacial score (nSPS) is 15.2. The van der Waals surface area contributed by atoms with E-state index >= 15 is 0 Å². The summed E-state index contributed by atoms with van der Waals surface area (Å²) in [6.07, 6.45) is 2.40. The van der Waals surface area contributed by atoms with E-state index < -0.39 is 6.04 Å². The molecule has 3 rings (SSSR count). The molecule has 2 N–H and O–H groups in total. The Balaban J connectivity index is 1.88. The number of ketones is 1. The Kier molecular flexibility index (Phi) is 6.77. The molecule has 0 saturated carbocycles. The van der Waals surface area contributed by atoms with Crippen molar-refractivity contribution < 1.29 is 19.1 Å². The van der Waals surface area contributed by atoms with Gasteiger partial charge in [0.2, 0.25) is 0 Å². The van der Waals surface area contributed by atoms with E-state index in [0.29, 0.717) is 23.6 Å². The lowest BCUT2D eigenvalue weighted by Gasteiger charge is -2.24. The third-order valence-corrected chi connectivity index (χ3v) is 5.19. The second kappa shape index (κ2) is 9.48. The minimum atomic E-state index is -0.627. The molecular formula is C24H28N2O4. The summed E-state index contributed by atoms with van der Waals surface area (Å²) in [5, 5.41) is 6.19. The number of carbonyl (C=O) groups is 2. The van der Waals surface area contributed by atoms with E-state index in [9.17, 15) is 9.59 Å². The average molecular weight is 408 g/mol. The van der Waals surface area contributed by atoms with Gasteiger partial charge in [0, 0.05) is 29.4 Å². The SMILES string of the molecule is COc1cc2c(cc1OC)/C(=C/C(=O)[C@@H](NC(=O)c1ccccc1)C(C)C)NCC2. The molecule has 0 aliphatic carbocycles. The quantitative estimate of drug-likeness (QED) is 0.688. The van der Waals surface area contributed by atoms with Crippen LogP contribution in [0, 0.1) is 5.92 Å². The predicted molar refractivity (Wildman–Crippen MR) is 117 cm³/mol. The third kappa shape index (κ3) is 4.64. The molecule has 0 saturated heterocycles. The molecule has 0 fully saturated rings. The molecule has 0 spiro atoms. The Morgan fingerprint density at radius 1 is 1.07 bits per heavy atom. The summed E-state index contributed by atoms with van der Waals surface area (Å²) in [6, 6.07) is 12.1. The highest BCUT2D eigenvalue weighted by molar-refractivity contribution is 6.04. The average Bonchev–Trinajstić information content (AvgIpc) is 2.76. The Morgan fingerprint density at radius 3 is 2.37 bits per heavy atom. The van der Waals surface area contributed by atoms with Crippen molar-refractivity contribution in [3.63, 3.8) is 0 Å². The summed E-state index contributed by atoms with van der Waals surface area (Å²) < 4.78 is 10.8. The number of amides is 1.